The van der Waals surface area contributed by atoms with Gasteiger partial charge in [-0.25, -0.2) is 9.97 Å². The lowest BCUT2D eigenvalue weighted by Gasteiger charge is -2.15. The molecule has 0 saturated carbocycles. The molecule has 0 saturated heterocycles. The number of fused-ring (bicyclic) bond motifs is 10. The second-order valence-corrected chi connectivity index (χ2v) is 15.3. The molecule has 0 unspecified atom stereocenters. The molecule has 0 amide bonds. The Bertz CT molecular complexity index is 3590. The average molecular weight is 751 g/mol. The van der Waals surface area contributed by atoms with E-state index in [0.717, 1.165) is 72.3 Å². The predicted octanol–water partition coefficient (Wildman–Crippen LogP) is 15.3. The quantitative estimate of drug-likeness (QED) is 0.164. The van der Waals surface area contributed by atoms with Gasteiger partial charge in [-0.05, 0) is 120 Å². The van der Waals surface area contributed by atoms with Gasteiger partial charge in [0.2, 0.25) is 0 Å². The maximum atomic E-state index is 6.24. The van der Waals surface area contributed by atoms with E-state index in [1.165, 1.54) is 43.1 Å². The van der Waals surface area contributed by atoms with Gasteiger partial charge in [0.15, 0.2) is 5.82 Å². The number of para-hydroxylation sites is 1. The van der Waals surface area contributed by atoms with Crippen LogP contribution >= 0.6 is 0 Å². The van der Waals surface area contributed by atoms with E-state index in [0.29, 0.717) is 5.82 Å². The van der Waals surface area contributed by atoms with Crippen LogP contribution in [0.2, 0.25) is 0 Å². The number of aromatic nitrogens is 2. The molecule has 10 aromatic carbocycles. The second kappa shape index (κ2) is 13.4. The Morgan fingerprint density at radius 2 is 0.763 bits per heavy atom. The van der Waals surface area contributed by atoms with Crippen LogP contribution in [0.25, 0.3) is 121 Å². The molecule has 0 aliphatic rings. The Morgan fingerprint density at radius 1 is 0.254 bits per heavy atom. The number of rotatable bonds is 5. The highest BCUT2D eigenvalue weighted by Gasteiger charge is 2.17. The molecular weight excluding hydrogens is 717 g/mol. The fourth-order valence-electron chi connectivity index (χ4n) is 8.91. The molecule has 2 aromatic heterocycles. The van der Waals surface area contributed by atoms with Crippen molar-refractivity contribution in [3.05, 3.63) is 206 Å². The van der Waals surface area contributed by atoms with Gasteiger partial charge in [0.25, 0.3) is 0 Å². The van der Waals surface area contributed by atoms with Crippen LogP contribution in [0, 0.1) is 0 Å². The maximum Gasteiger partial charge on any atom is 0.160 e. The third kappa shape index (κ3) is 5.67. The summed E-state index contributed by atoms with van der Waals surface area (Å²) in [6.07, 6.45) is 0. The van der Waals surface area contributed by atoms with E-state index in [1.54, 1.807) is 0 Å². The van der Waals surface area contributed by atoms with Crippen LogP contribution in [0.1, 0.15) is 0 Å². The Morgan fingerprint density at radius 3 is 1.51 bits per heavy atom. The van der Waals surface area contributed by atoms with Crippen molar-refractivity contribution >= 4 is 65.0 Å². The fourth-order valence-corrected chi connectivity index (χ4v) is 8.91. The third-order valence-electron chi connectivity index (χ3n) is 11.8. The van der Waals surface area contributed by atoms with Gasteiger partial charge in [-0.15, -0.1) is 0 Å². The molecule has 0 radical (unpaired) electrons. The van der Waals surface area contributed by atoms with Crippen LogP contribution in [-0.2, 0) is 0 Å². The van der Waals surface area contributed by atoms with Crippen molar-refractivity contribution in [1.29, 1.82) is 0 Å². The van der Waals surface area contributed by atoms with E-state index in [2.05, 4.69) is 176 Å². The molecule has 2 heterocycles. The molecular formula is C56H34N2O. The van der Waals surface area contributed by atoms with Crippen LogP contribution in [0.5, 0.6) is 0 Å². The van der Waals surface area contributed by atoms with Crippen molar-refractivity contribution in [2.24, 2.45) is 0 Å². The molecule has 0 atom stereocenters. The van der Waals surface area contributed by atoms with E-state index in [9.17, 15) is 0 Å². The Labute approximate surface area is 340 Å². The van der Waals surface area contributed by atoms with Crippen LogP contribution in [-0.4, -0.2) is 9.97 Å². The number of nitrogens with zero attached hydrogens (tertiary/aromatic N) is 2. The number of hydrogen-bond acceptors (Lipinski definition) is 3. The van der Waals surface area contributed by atoms with Crippen molar-refractivity contribution in [3.63, 3.8) is 0 Å². The van der Waals surface area contributed by atoms with E-state index in [4.69, 9.17) is 14.4 Å². The van der Waals surface area contributed by atoms with Gasteiger partial charge in [-0.2, -0.15) is 0 Å². The zero-order valence-corrected chi connectivity index (χ0v) is 31.9. The molecule has 12 aromatic rings. The minimum atomic E-state index is 0.686. The summed E-state index contributed by atoms with van der Waals surface area (Å²) in [5.41, 5.74) is 11.0. The summed E-state index contributed by atoms with van der Waals surface area (Å²) in [7, 11) is 0. The largest absolute Gasteiger partial charge is 0.456 e. The first-order valence-electron chi connectivity index (χ1n) is 20.0. The van der Waals surface area contributed by atoms with Gasteiger partial charge >= 0.3 is 0 Å². The van der Waals surface area contributed by atoms with Crippen LogP contribution in [0.15, 0.2) is 211 Å². The van der Waals surface area contributed by atoms with Crippen molar-refractivity contribution in [2.75, 3.05) is 0 Å². The first-order chi connectivity index (χ1) is 29.2. The first kappa shape index (κ1) is 33.3. The van der Waals surface area contributed by atoms with E-state index < -0.39 is 0 Å². The summed E-state index contributed by atoms with van der Waals surface area (Å²) in [5, 5.41) is 12.1. The molecule has 0 fully saturated rings. The van der Waals surface area contributed by atoms with E-state index >= 15 is 0 Å². The monoisotopic (exact) mass is 750 g/mol. The zero-order valence-electron chi connectivity index (χ0n) is 31.9. The van der Waals surface area contributed by atoms with Gasteiger partial charge in [0.05, 0.1) is 11.4 Å². The highest BCUT2D eigenvalue weighted by molar-refractivity contribution is 6.25. The molecule has 12 rings (SSSR count). The molecule has 3 heteroatoms. The van der Waals surface area contributed by atoms with Gasteiger partial charge in [0, 0.05) is 27.5 Å². The Hall–Kier alpha value is -7.88. The van der Waals surface area contributed by atoms with Gasteiger partial charge in [-0.3, -0.25) is 0 Å². The number of furan rings is 1. The molecule has 0 spiro atoms. The molecule has 3 nitrogen and oxygen atoms in total. The van der Waals surface area contributed by atoms with Gasteiger partial charge < -0.3 is 4.42 Å². The lowest BCUT2D eigenvalue weighted by atomic mass is 9.92. The summed E-state index contributed by atoms with van der Waals surface area (Å²) in [4.78, 5) is 10.6. The van der Waals surface area contributed by atoms with Crippen molar-refractivity contribution < 1.29 is 4.42 Å². The molecule has 0 aliphatic heterocycles. The molecule has 0 aliphatic carbocycles. The fraction of sp³-hybridized carbons (Fsp3) is 0. The summed E-state index contributed by atoms with van der Waals surface area (Å²) >= 11 is 0. The predicted molar refractivity (Wildman–Crippen MR) is 247 cm³/mol. The minimum Gasteiger partial charge on any atom is -0.456 e. The van der Waals surface area contributed by atoms with E-state index in [-0.39, 0.29) is 0 Å². The van der Waals surface area contributed by atoms with Crippen molar-refractivity contribution in [2.45, 2.75) is 0 Å². The van der Waals surface area contributed by atoms with Crippen LogP contribution < -0.4 is 0 Å². The number of hydrogen-bond donors (Lipinski definition) is 0. The first-order valence-corrected chi connectivity index (χ1v) is 20.0. The summed E-state index contributed by atoms with van der Waals surface area (Å²) in [6.45, 7) is 0. The smallest absolute Gasteiger partial charge is 0.160 e. The van der Waals surface area contributed by atoms with E-state index in [1.807, 2.05) is 30.3 Å². The highest BCUT2D eigenvalue weighted by atomic mass is 16.3. The summed E-state index contributed by atoms with van der Waals surface area (Å²) in [6, 6.07) is 73.6. The maximum absolute atomic E-state index is 6.24. The van der Waals surface area contributed by atoms with Gasteiger partial charge in [-0.1, -0.05) is 152 Å². The number of benzene rings is 10. The normalized spacial score (nSPS) is 11.7. The average Bonchev–Trinajstić information content (AvgIpc) is 3.69. The SMILES string of the molecule is c1ccc(-c2nc(-c3cc(-c4ccc5ccccc5c4)cc(-c4ccc5oc6ccccc6c5c4)c3)cc(-c3ccc4c5ccccc5c5ccccc5c4c3)n2)cc1. The zero-order chi connectivity index (χ0) is 38.9. The topological polar surface area (TPSA) is 38.9 Å². The van der Waals surface area contributed by atoms with Crippen LogP contribution in [0.3, 0.4) is 0 Å². The van der Waals surface area contributed by atoms with Crippen LogP contribution in [0.4, 0.5) is 0 Å². The standard InChI is InChI=1S/C56H34N2O/c1-2-13-36(14-3-1)56-57-52(40-24-26-48-46-18-7-6-16-44(46)45-17-8-9-19-47(45)50(48)33-40)34-53(58-56)43-30-41(38-23-22-35-12-4-5-15-37(35)28-38)29-42(31-43)39-25-27-55-51(32-39)49-20-10-11-21-54(49)59-55/h1-34H. The summed E-state index contributed by atoms with van der Waals surface area (Å²) in [5.74, 6) is 0.686. The summed E-state index contributed by atoms with van der Waals surface area (Å²) < 4.78 is 6.24. The second-order valence-electron chi connectivity index (χ2n) is 15.3. The molecule has 0 N–H and O–H groups in total. The minimum absolute atomic E-state index is 0.686. The lowest BCUT2D eigenvalue weighted by Crippen LogP contribution is -1.97. The van der Waals surface area contributed by atoms with Crippen molar-refractivity contribution in [3.8, 4) is 56.2 Å². The molecule has 59 heavy (non-hydrogen) atoms. The lowest BCUT2D eigenvalue weighted by molar-refractivity contribution is 0.669. The Kier molecular flexibility index (Phi) is 7.54. The van der Waals surface area contributed by atoms with Crippen molar-refractivity contribution in [1.82, 2.24) is 9.97 Å². The molecule has 0 bridgehead atoms. The third-order valence-corrected chi connectivity index (χ3v) is 11.8. The highest BCUT2D eigenvalue weighted by Crippen LogP contribution is 2.40. The Balaban J connectivity index is 1.09. The molecule has 274 valence electrons. The van der Waals surface area contributed by atoms with Gasteiger partial charge in [0.1, 0.15) is 11.2 Å².